The maximum absolute atomic E-state index is 8.76. The minimum atomic E-state index is 0.282. The predicted molar refractivity (Wildman–Crippen MR) is 104 cm³/mol. The lowest BCUT2D eigenvalue weighted by Gasteiger charge is -2.06. The number of hydrogen-bond acceptors (Lipinski definition) is 3. The average molecular weight is 340 g/mol. The first-order valence-electron chi connectivity index (χ1n) is 8.91. The Balaban J connectivity index is 1.83. The number of methoxy groups -OCH3 is 1. The summed E-state index contributed by atoms with van der Waals surface area (Å²) in [6.07, 6.45) is 8.26. The van der Waals surface area contributed by atoms with Crippen LogP contribution in [0.2, 0.25) is 0 Å². The zero-order valence-corrected chi connectivity index (χ0v) is 15.0. The second-order valence-electron chi connectivity index (χ2n) is 6.07. The quantitative estimate of drug-likeness (QED) is 0.465. The van der Waals surface area contributed by atoms with Crippen LogP contribution in [0.15, 0.2) is 48.5 Å². The molecular weight excluding hydrogens is 312 g/mol. The standard InChI is InChI=1S/C22H28O3/c1-24-18-21-13-10-19(11-14-21)9-12-20-7-6-8-22(17-20)25-16-5-3-2-4-15-23/h6-14,17,23H,2-5,15-16,18H2,1H3/b12-9+. The van der Waals surface area contributed by atoms with Crippen LogP contribution in [0.25, 0.3) is 12.2 Å². The van der Waals surface area contributed by atoms with Crippen LogP contribution in [0.4, 0.5) is 0 Å². The normalized spacial score (nSPS) is 11.1. The molecule has 2 rings (SSSR count). The van der Waals surface area contributed by atoms with Gasteiger partial charge < -0.3 is 14.6 Å². The van der Waals surface area contributed by atoms with Gasteiger partial charge in [-0.05, 0) is 48.1 Å². The lowest BCUT2D eigenvalue weighted by molar-refractivity contribution is 0.185. The van der Waals surface area contributed by atoms with Crippen LogP contribution < -0.4 is 4.74 Å². The van der Waals surface area contributed by atoms with Crippen molar-refractivity contribution >= 4 is 12.2 Å². The third kappa shape index (κ3) is 7.55. The van der Waals surface area contributed by atoms with Gasteiger partial charge in [-0.2, -0.15) is 0 Å². The third-order valence-corrected chi connectivity index (χ3v) is 3.94. The number of aliphatic hydroxyl groups excluding tert-OH is 1. The number of unbranched alkanes of at least 4 members (excludes halogenated alkanes) is 3. The Bertz CT molecular complexity index is 632. The summed E-state index contributed by atoms with van der Waals surface area (Å²) in [6.45, 7) is 1.65. The van der Waals surface area contributed by atoms with E-state index in [9.17, 15) is 0 Å². The highest BCUT2D eigenvalue weighted by atomic mass is 16.5. The molecule has 0 unspecified atom stereocenters. The molecule has 0 spiro atoms. The Morgan fingerprint density at radius 3 is 2.40 bits per heavy atom. The van der Waals surface area contributed by atoms with Gasteiger partial charge >= 0.3 is 0 Å². The van der Waals surface area contributed by atoms with Gasteiger partial charge in [0.05, 0.1) is 13.2 Å². The van der Waals surface area contributed by atoms with Crippen molar-refractivity contribution in [2.75, 3.05) is 20.3 Å². The molecular formula is C22H28O3. The Kier molecular flexibility index (Phi) is 8.81. The highest BCUT2D eigenvalue weighted by molar-refractivity contribution is 5.70. The van der Waals surface area contributed by atoms with Crippen LogP contribution in [-0.2, 0) is 11.3 Å². The first-order valence-corrected chi connectivity index (χ1v) is 8.91. The molecule has 0 heterocycles. The third-order valence-electron chi connectivity index (χ3n) is 3.94. The molecule has 3 heteroatoms. The van der Waals surface area contributed by atoms with E-state index in [2.05, 4.69) is 48.6 Å². The molecule has 3 nitrogen and oxygen atoms in total. The van der Waals surface area contributed by atoms with Crippen molar-refractivity contribution in [3.05, 3.63) is 65.2 Å². The molecule has 0 radical (unpaired) electrons. The van der Waals surface area contributed by atoms with Gasteiger partial charge in [-0.25, -0.2) is 0 Å². The van der Waals surface area contributed by atoms with Crippen molar-refractivity contribution in [2.45, 2.75) is 32.3 Å². The molecule has 0 aliphatic carbocycles. The van der Waals surface area contributed by atoms with E-state index in [4.69, 9.17) is 14.6 Å². The molecule has 0 aliphatic heterocycles. The molecule has 0 fully saturated rings. The lowest BCUT2D eigenvalue weighted by Crippen LogP contribution is -1.97. The fourth-order valence-electron chi connectivity index (χ4n) is 2.55. The fourth-order valence-corrected chi connectivity index (χ4v) is 2.55. The Morgan fingerprint density at radius 2 is 1.64 bits per heavy atom. The van der Waals surface area contributed by atoms with Crippen molar-refractivity contribution in [3.8, 4) is 5.75 Å². The van der Waals surface area contributed by atoms with Gasteiger partial charge in [0.25, 0.3) is 0 Å². The van der Waals surface area contributed by atoms with E-state index in [1.54, 1.807) is 7.11 Å². The Hall–Kier alpha value is -2.10. The molecule has 0 bridgehead atoms. The molecule has 0 amide bonds. The van der Waals surface area contributed by atoms with Gasteiger partial charge in [0.15, 0.2) is 0 Å². The summed E-state index contributed by atoms with van der Waals surface area (Å²) in [5.41, 5.74) is 3.46. The first kappa shape index (κ1) is 19.2. The predicted octanol–water partition coefficient (Wildman–Crippen LogP) is 4.93. The second kappa shape index (κ2) is 11.5. The van der Waals surface area contributed by atoms with Crippen LogP contribution in [0.3, 0.4) is 0 Å². The molecule has 1 N–H and O–H groups in total. The van der Waals surface area contributed by atoms with Gasteiger partial charge in [-0.3, -0.25) is 0 Å². The SMILES string of the molecule is COCc1ccc(/C=C/c2cccc(OCCCCCCO)c2)cc1. The number of benzene rings is 2. The number of hydrogen-bond donors (Lipinski definition) is 1. The summed E-state index contributed by atoms with van der Waals surface area (Å²) >= 11 is 0. The summed E-state index contributed by atoms with van der Waals surface area (Å²) in [5.74, 6) is 0.903. The topological polar surface area (TPSA) is 38.7 Å². The van der Waals surface area contributed by atoms with Gasteiger partial charge in [-0.15, -0.1) is 0 Å². The van der Waals surface area contributed by atoms with Crippen molar-refractivity contribution in [1.29, 1.82) is 0 Å². The van der Waals surface area contributed by atoms with Crippen LogP contribution in [0.1, 0.15) is 42.4 Å². The van der Waals surface area contributed by atoms with Gasteiger partial charge in [0.1, 0.15) is 5.75 Å². The van der Waals surface area contributed by atoms with Crippen molar-refractivity contribution in [3.63, 3.8) is 0 Å². The van der Waals surface area contributed by atoms with Crippen molar-refractivity contribution in [2.24, 2.45) is 0 Å². The minimum Gasteiger partial charge on any atom is -0.494 e. The van der Waals surface area contributed by atoms with E-state index in [1.807, 2.05) is 12.1 Å². The first-order chi connectivity index (χ1) is 12.3. The van der Waals surface area contributed by atoms with Gasteiger partial charge in [0, 0.05) is 13.7 Å². The van der Waals surface area contributed by atoms with Crippen molar-refractivity contribution in [1.82, 2.24) is 0 Å². The molecule has 2 aromatic rings. The van der Waals surface area contributed by atoms with Crippen LogP contribution in [-0.4, -0.2) is 25.4 Å². The lowest BCUT2D eigenvalue weighted by atomic mass is 10.1. The van der Waals surface area contributed by atoms with E-state index in [-0.39, 0.29) is 6.61 Å². The molecule has 25 heavy (non-hydrogen) atoms. The smallest absolute Gasteiger partial charge is 0.119 e. The Morgan fingerprint density at radius 1 is 0.880 bits per heavy atom. The summed E-state index contributed by atoms with van der Waals surface area (Å²) in [4.78, 5) is 0. The monoisotopic (exact) mass is 340 g/mol. The van der Waals surface area contributed by atoms with E-state index in [0.29, 0.717) is 6.61 Å². The Labute approximate surface area is 150 Å². The maximum atomic E-state index is 8.76. The summed E-state index contributed by atoms with van der Waals surface area (Å²) < 4.78 is 10.9. The van der Waals surface area contributed by atoms with E-state index >= 15 is 0 Å². The molecule has 0 saturated carbocycles. The molecule has 0 aliphatic rings. The maximum Gasteiger partial charge on any atom is 0.119 e. The largest absolute Gasteiger partial charge is 0.494 e. The highest BCUT2D eigenvalue weighted by Crippen LogP contribution is 2.17. The van der Waals surface area contributed by atoms with Crippen LogP contribution >= 0.6 is 0 Å². The van der Waals surface area contributed by atoms with E-state index in [0.717, 1.165) is 49.2 Å². The minimum absolute atomic E-state index is 0.282. The summed E-state index contributed by atoms with van der Waals surface area (Å²) in [6, 6.07) is 16.5. The van der Waals surface area contributed by atoms with Gasteiger partial charge in [0.2, 0.25) is 0 Å². The number of rotatable bonds is 11. The average Bonchev–Trinajstić information content (AvgIpc) is 2.65. The van der Waals surface area contributed by atoms with E-state index in [1.165, 1.54) is 5.56 Å². The number of ether oxygens (including phenoxy) is 2. The summed E-state index contributed by atoms with van der Waals surface area (Å²) in [7, 11) is 1.71. The second-order valence-corrected chi connectivity index (χ2v) is 6.07. The zero-order chi connectivity index (χ0) is 17.7. The van der Waals surface area contributed by atoms with Crippen molar-refractivity contribution < 1.29 is 14.6 Å². The van der Waals surface area contributed by atoms with E-state index < -0.39 is 0 Å². The summed E-state index contributed by atoms with van der Waals surface area (Å²) in [5, 5.41) is 8.76. The molecule has 0 aromatic heterocycles. The molecule has 134 valence electrons. The van der Waals surface area contributed by atoms with Crippen LogP contribution in [0, 0.1) is 0 Å². The zero-order valence-electron chi connectivity index (χ0n) is 15.0. The highest BCUT2D eigenvalue weighted by Gasteiger charge is 1.96. The molecule has 0 saturated heterocycles. The van der Waals surface area contributed by atoms with Gasteiger partial charge in [-0.1, -0.05) is 55.0 Å². The molecule has 2 aromatic carbocycles. The molecule has 0 atom stereocenters. The van der Waals surface area contributed by atoms with Crippen LogP contribution in [0.5, 0.6) is 5.75 Å². The number of aliphatic hydroxyl groups is 1. The fraction of sp³-hybridized carbons (Fsp3) is 0.364.